The lowest BCUT2D eigenvalue weighted by atomic mass is 10.1. The highest BCUT2D eigenvalue weighted by atomic mass is 32.1. The van der Waals surface area contributed by atoms with E-state index in [-0.39, 0.29) is 25.0 Å². The summed E-state index contributed by atoms with van der Waals surface area (Å²) in [4.78, 5) is 25.5. The van der Waals surface area contributed by atoms with Crippen molar-refractivity contribution < 1.29 is 19.4 Å². The summed E-state index contributed by atoms with van der Waals surface area (Å²) >= 11 is 1.60. The number of amides is 1. The fraction of sp³-hybridized carbons (Fsp3) is 0.571. The summed E-state index contributed by atoms with van der Waals surface area (Å²) in [7, 11) is 0. The third-order valence-corrected chi connectivity index (χ3v) is 4.25. The molecule has 1 fully saturated rings. The van der Waals surface area contributed by atoms with Crippen LogP contribution in [0.5, 0.6) is 0 Å². The second kappa shape index (κ2) is 7.40. The number of aliphatic carboxylic acids is 1. The minimum atomic E-state index is -0.839. The number of piperidine rings is 1. The zero-order valence-electron chi connectivity index (χ0n) is 11.3. The van der Waals surface area contributed by atoms with Crippen LogP contribution in [0, 0.1) is 0 Å². The number of ether oxygens (including phenoxy) is 1. The van der Waals surface area contributed by atoms with Crippen molar-refractivity contribution in [3.05, 3.63) is 22.4 Å². The van der Waals surface area contributed by atoms with Gasteiger partial charge in [-0.2, -0.15) is 0 Å². The predicted octanol–water partition coefficient (Wildman–Crippen LogP) is 1.77. The van der Waals surface area contributed by atoms with Crippen molar-refractivity contribution in [3.63, 3.8) is 0 Å². The molecule has 0 bridgehead atoms. The molecule has 1 aliphatic heterocycles. The Hall–Kier alpha value is -1.40. The number of hydrogen-bond acceptors (Lipinski definition) is 4. The van der Waals surface area contributed by atoms with Gasteiger partial charge in [0, 0.05) is 18.0 Å². The van der Waals surface area contributed by atoms with Gasteiger partial charge in [0.25, 0.3) is 0 Å². The van der Waals surface area contributed by atoms with Crippen LogP contribution in [0.4, 0.5) is 0 Å². The van der Waals surface area contributed by atoms with Crippen LogP contribution in [0.3, 0.4) is 0 Å². The van der Waals surface area contributed by atoms with Crippen molar-refractivity contribution in [3.8, 4) is 0 Å². The topological polar surface area (TPSA) is 66.8 Å². The monoisotopic (exact) mass is 297 g/mol. The number of nitrogens with zero attached hydrogens (tertiary/aromatic N) is 1. The molecule has 0 spiro atoms. The molecule has 0 aromatic carbocycles. The SMILES string of the molecule is O=C(O)CCOC1CCN(C(=O)Cc2cccs2)CC1. The van der Waals surface area contributed by atoms with Gasteiger partial charge in [0.2, 0.25) is 5.91 Å². The lowest BCUT2D eigenvalue weighted by molar-refractivity contribution is -0.139. The Balaban J connectivity index is 1.68. The van der Waals surface area contributed by atoms with Crippen LogP contribution in [-0.4, -0.2) is 47.7 Å². The Morgan fingerprint density at radius 1 is 1.40 bits per heavy atom. The molecule has 110 valence electrons. The largest absolute Gasteiger partial charge is 0.481 e. The summed E-state index contributed by atoms with van der Waals surface area (Å²) in [6, 6.07) is 3.93. The van der Waals surface area contributed by atoms with E-state index in [0.29, 0.717) is 19.5 Å². The first-order chi connectivity index (χ1) is 9.65. The van der Waals surface area contributed by atoms with Gasteiger partial charge >= 0.3 is 5.97 Å². The zero-order chi connectivity index (χ0) is 14.4. The number of carboxylic acids is 1. The molecule has 0 radical (unpaired) electrons. The van der Waals surface area contributed by atoms with Gasteiger partial charge in [0.1, 0.15) is 0 Å². The summed E-state index contributed by atoms with van der Waals surface area (Å²) in [6.45, 7) is 1.65. The lowest BCUT2D eigenvalue weighted by Gasteiger charge is -2.31. The van der Waals surface area contributed by atoms with Gasteiger partial charge in [-0.25, -0.2) is 0 Å². The van der Waals surface area contributed by atoms with E-state index in [2.05, 4.69) is 0 Å². The van der Waals surface area contributed by atoms with Crippen molar-refractivity contribution in [2.45, 2.75) is 31.8 Å². The number of rotatable bonds is 6. The van der Waals surface area contributed by atoms with Crippen LogP contribution >= 0.6 is 11.3 Å². The number of hydrogen-bond donors (Lipinski definition) is 1. The van der Waals surface area contributed by atoms with Gasteiger partial charge < -0.3 is 14.7 Å². The number of carbonyl (C=O) groups excluding carboxylic acids is 1. The van der Waals surface area contributed by atoms with Crippen LogP contribution in [0.2, 0.25) is 0 Å². The fourth-order valence-electron chi connectivity index (χ4n) is 2.26. The maximum absolute atomic E-state index is 12.1. The van der Waals surface area contributed by atoms with Crippen molar-refractivity contribution in [1.29, 1.82) is 0 Å². The van der Waals surface area contributed by atoms with Crippen molar-refractivity contribution in [1.82, 2.24) is 4.90 Å². The standard InChI is InChI=1S/C14H19NO4S/c16-13(10-12-2-1-9-20-12)15-6-3-11(4-7-15)19-8-5-14(17)18/h1-2,9,11H,3-8,10H2,(H,17,18). The quantitative estimate of drug-likeness (QED) is 0.869. The van der Waals surface area contributed by atoms with Crippen molar-refractivity contribution in [2.24, 2.45) is 0 Å². The molecule has 1 N–H and O–H groups in total. The fourth-order valence-corrected chi connectivity index (χ4v) is 2.95. The minimum absolute atomic E-state index is 0.0392. The van der Waals surface area contributed by atoms with Gasteiger partial charge in [0.15, 0.2) is 0 Å². The first-order valence-corrected chi connectivity index (χ1v) is 7.66. The predicted molar refractivity (Wildman–Crippen MR) is 75.8 cm³/mol. The molecule has 6 heteroatoms. The third kappa shape index (κ3) is 4.61. The van der Waals surface area contributed by atoms with Crippen LogP contribution < -0.4 is 0 Å². The molecule has 5 nitrogen and oxygen atoms in total. The second-order valence-electron chi connectivity index (χ2n) is 4.85. The van der Waals surface area contributed by atoms with E-state index in [9.17, 15) is 9.59 Å². The number of carboxylic acid groups (broad SMARTS) is 1. The third-order valence-electron chi connectivity index (χ3n) is 3.37. The summed E-state index contributed by atoms with van der Waals surface area (Å²) in [6.07, 6.45) is 2.17. The van der Waals surface area contributed by atoms with Gasteiger partial charge in [0.05, 0.1) is 25.6 Å². The van der Waals surface area contributed by atoms with E-state index in [4.69, 9.17) is 9.84 Å². The molecule has 2 heterocycles. The summed E-state index contributed by atoms with van der Waals surface area (Å²) in [5.74, 6) is -0.676. The van der Waals surface area contributed by atoms with Crippen LogP contribution in [0.25, 0.3) is 0 Å². The van der Waals surface area contributed by atoms with Gasteiger partial charge in [-0.1, -0.05) is 6.07 Å². The zero-order valence-corrected chi connectivity index (χ0v) is 12.1. The second-order valence-corrected chi connectivity index (χ2v) is 5.88. The maximum atomic E-state index is 12.1. The Labute approximate surface area is 122 Å². The number of thiophene rings is 1. The van der Waals surface area contributed by atoms with E-state index in [1.807, 2.05) is 22.4 Å². The maximum Gasteiger partial charge on any atom is 0.305 e. The highest BCUT2D eigenvalue weighted by molar-refractivity contribution is 7.10. The summed E-state index contributed by atoms with van der Waals surface area (Å²) < 4.78 is 5.51. The lowest BCUT2D eigenvalue weighted by Crippen LogP contribution is -2.41. The van der Waals surface area contributed by atoms with Gasteiger partial charge in [-0.3, -0.25) is 9.59 Å². The Morgan fingerprint density at radius 2 is 2.15 bits per heavy atom. The summed E-state index contributed by atoms with van der Waals surface area (Å²) in [5, 5.41) is 10.5. The average Bonchev–Trinajstić information content (AvgIpc) is 2.92. The minimum Gasteiger partial charge on any atom is -0.481 e. The molecular formula is C14H19NO4S. The molecule has 20 heavy (non-hydrogen) atoms. The highest BCUT2D eigenvalue weighted by Gasteiger charge is 2.23. The van der Waals surface area contributed by atoms with Crippen molar-refractivity contribution in [2.75, 3.05) is 19.7 Å². The summed E-state index contributed by atoms with van der Waals surface area (Å²) in [5.41, 5.74) is 0. The van der Waals surface area contributed by atoms with Gasteiger partial charge in [-0.05, 0) is 24.3 Å². The molecule has 1 amide bonds. The normalized spacial score (nSPS) is 16.3. The van der Waals surface area contributed by atoms with Crippen LogP contribution in [-0.2, 0) is 20.7 Å². The molecular weight excluding hydrogens is 278 g/mol. The Morgan fingerprint density at radius 3 is 2.75 bits per heavy atom. The van der Waals surface area contributed by atoms with E-state index >= 15 is 0 Å². The number of carbonyl (C=O) groups is 2. The molecule has 1 aromatic heterocycles. The molecule has 0 aliphatic carbocycles. The van der Waals surface area contributed by atoms with E-state index < -0.39 is 5.97 Å². The molecule has 2 rings (SSSR count). The first-order valence-electron chi connectivity index (χ1n) is 6.78. The van der Waals surface area contributed by atoms with Crippen LogP contribution in [0.1, 0.15) is 24.1 Å². The van der Waals surface area contributed by atoms with E-state index in [1.165, 1.54) is 0 Å². The molecule has 0 atom stereocenters. The smallest absolute Gasteiger partial charge is 0.305 e. The van der Waals surface area contributed by atoms with E-state index in [1.54, 1.807) is 11.3 Å². The number of likely N-dealkylation sites (tertiary alicyclic amines) is 1. The van der Waals surface area contributed by atoms with Crippen LogP contribution in [0.15, 0.2) is 17.5 Å². The molecule has 1 saturated heterocycles. The first kappa shape index (κ1) is 15.0. The molecule has 0 unspecified atom stereocenters. The average molecular weight is 297 g/mol. The molecule has 1 aliphatic rings. The highest BCUT2D eigenvalue weighted by Crippen LogP contribution is 2.16. The molecule has 0 saturated carbocycles. The van der Waals surface area contributed by atoms with Crippen molar-refractivity contribution >= 4 is 23.2 Å². The Bertz CT molecular complexity index is 438. The Kier molecular flexibility index (Phi) is 5.55. The van der Waals surface area contributed by atoms with Gasteiger partial charge in [-0.15, -0.1) is 11.3 Å². The van der Waals surface area contributed by atoms with E-state index in [0.717, 1.165) is 17.7 Å². The molecule has 1 aromatic rings.